The molecular formula is C25H34N2O2. The van der Waals surface area contributed by atoms with Gasteiger partial charge in [0.25, 0.3) is 0 Å². The van der Waals surface area contributed by atoms with E-state index in [1.165, 1.54) is 24.9 Å². The van der Waals surface area contributed by atoms with Gasteiger partial charge in [0.1, 0.15) is 6.10 Å². The molecule has 3 fully saturated rings. The van der Waals surface area contributed by atoms with Crippen LogP contribution in [-0.2, 0) is 9.53 Å². The number of para-hydroxylation sites is 1. The first-order chi connectivity index (χ1) is 14.0. The molecule has 4 nitrogen and oxygen atoms in total. The van der Waals surface area contributed by atoms with E-state index in [1.807, 2.05) is 0 Å². The number of fused-ring (bicyclic) bond motifs is 2. The van der Waals surface area contributed by atoms with E-state index in [1.54, 1.807) is 5.57 Å². The number of carbonyl (C=O) groups excluding carboxylic acids is 1. The average molecular weight is 395 g/mol. The summed E-state index contributed by atoms with van der Waals surface area (Å²) in [5.41, 5.74) is 3.16. The molecule has 1 aromatic carbocycles. The predicted octanol–water partition coefficient (Wildman–Crippen LogP) is 4.12. The number of esters is 1. The Hall–Kier alpha value is -1.81. The minimum Gasteiger partial charge on any atom is -0.461 e. The summed E-state index contributed by atoms with van der Waals surface area (Å²) in [4.78, 5) is 17.7. The summed E-state index contributed by atoms with van der Waals surface area (Å²) in [7, 11) is 0. The minimum absolute atomic E-state index is 0.00875. The highest BCUT2D eigenvalue weighted by Gasteiger charge is 2.52. The molecule has 0 bridgehead atoms. The van der Waals surface area contributed by atoms with E-state index in [4.69, 9.17) is 4.74 Å². The molecule has 156 valence electrons. The summed E-state index contributed by atoms with van der Waals surface area (Å²) in [6.07, 6.45) is 7.44. The van der Waals surface area contributed by atoms with Crippen LogP contribution in [0, 0.1) is 23.2 Å². The summed E-state index contributed by atoms with van der Waals surface area (Å²) < 4.78 is 5.94. The molecular weight excluding hydrogens is 360 g/mol. The third kappa shape index (κ3) is 3.50. The monoisotopic (exact) mass is 394 g/mol. The number of hydrogen-bond donors (Lipinski definition) is 0. The second-order valence-electron chi connectivity index (χ2n) is 9.96. The molecule has 0 radical (unpaired) electrons. The minimum atomic E-state index is 0.00875. The number of hydrogen-bond acceptors (Lipinski definition) is 4. The Bertz CT molecular complexity index is 783. The van der Waals surface area contributed by atoms with Crippen molar-refractivity contribution in [2.45, 2.75) is 45.6 Å². The second-order valence-corrected chi connectivity index (χ2v) is 9.96. The van der Waals surface area contributed by atoms with E-state index in [9.17, 15) is 4.79 Å². The van der Waals surface area contributed by atoms with Gasteiger partial charge in [0, 0.05) is 44.3 Å². The smallest absolute Gasteiger partial charge is 0.311 e. The Kier molecular flexibility index (Phi) is 4.93. The third-order valence-corrected chi connectivity index (χ3v) is 8.03. The lowest BCUT2D eigenvalue weighted by molar-refractivity contribution is -0.145. The summed E-state index contributed by atoms with van der Waals surface area (Å²) in [6.45, 7) is 9.69. The van der Waals surface area contributed by atoms with Crippen LogP contribution in [0.5, 0.6) is 0 Å². The van der Waals surface area contributed by atoms with Gasteiger partial charge in [-0.05, 0) is 42.7 Å². The topological polar surface area (TPSA) is 32.8 Å². The zero-order valence-electron chi connectivity index (χ0n) is 17.8. The predicted molar refractivity (Wildman–Crippen MR) is 116 cm³/mol. The maximum atomic E-state index is 12.8. The fraction of sp³-hybridized carbons (Fsp3) is 0.640. The maximum absolute atomic E-state index is 12.8. The molecule has 2 aliphatic carbocycles. The van der Waals surface area contributed by atoms with Gasteiger partial charge in [-0.25, -0.2) is 0 Å². The molecule has 4 aliphatic rings. The summed E-state index contributed by atoms with van der Waals surface area (Å²) in [5.74, 6) is 0.977. The van der Waals surface area contributed by atoms with Gasteiger partial charge in [0.05, 0.1) is 5.92 Å². The van der Waals surface area contributed by atoms with Gasteiger partial charge >= 0.3 is 5.97 Å². The van der Waals surface area contributed by atoms with Crippen LogP contribution in [0.3, 0.4) is 0 Å². The first-order valence-corrected chi connectivity index (χ1v) is 11.5. The number of carbonyl (C=O) groups is 1. The first-order valence-electron chi connectivity index (χ1n) is 11.5. The molecule has 1 aromatic rings. The normalized spacial score (nSPS) is 37.5. The lowest BCUT2D eigenvalue weighted by Crippen LogP contribution is -2.49. The van der Waals surface area contributed by atoms with Crippen LogP contribution in [0.4, 0.5) is 5.69 Å². The van der Waals surface area contributed by atoms with E-state index in [0.29, 0.717) is 5.92 Å². The largest absolute Gasteiger partial charge is 0.461 e. The van der Waals surface area contributed by atoms with Crippen molar-refractivity contribution in [3.8, 4) is 0 Å². The number of anilines is 1. The molecule has 0 unspecified atom stereocenters. The van der Waals surface area contributed by atoms with E-state index in [0.717, 1.165) is 39.1 Å². The lowest BCUT2D eigenvalue weighted by Gasteiger charge is -2.46. The van der Waals surface area contributed by atoms with Crippen LogP contribution in [0.25, 0.3) is 0 Å². The number of benzene rings is 1. The van der Waals surface area contributed by atoms with Gasteiger partial charge in [-0.2, -0.15) is 0 Å². The average Bonchev–Trinajstić information content (AvgIpc) is 3.01. The Morgan fingerprint density at radius 1 is 1.14 bits per heavy atom. The number of rotatable bonds is 3. The van der Waals surface area contributed by atoms with Crippen molar-refractivity contribution in [3.63, 3.8) is 0 Å². The maximum Gasteiger partial charge on any atom is 0.311 e. The zero-order valence-corrected chi connectivity index (χ0v) is 17.8. The van der Waals surface area contributed by atoms with Crippen molar-refractivity contribution in [3.05, 3.63) is 42.0 Å². The quantitative estimate of drug-likeness (QED) is 0.570. The molecule has 0 spiro atoms. The van der Waals surface area contributed by atoms with Crippen molar-refractivity contribution >= 4 is 11.7 Å². The Labute approximate surface area is 174 Å². The van der Waals surface area contributed by atoms with Crippen molar-refractivity contribution in [1.29, 1.82) is 0 Å². The highest BCUT2D eigenvalue weighted by molar-refractivity contribution is 5.76. The van der Waals surface area contributed by atoms with Gasteiger partial charge in [0.15, 0.2) is 0 Å². The molecule has 0 N–H and O–H groups in total. The molecule has 29 heavy (non-hydrogen) atoms. The number of allylic oxidation sites excluding steroid dienone is 1. The van der Waals surface area contributed by atoms with Crippen molar-refractivity contribution < 1.29 is 9.53 Å². The number of nitrogens with zero attached hydrogens (tertiary/aromatic N) is 2. The fourth-order valence-corrected chi connectivity index (χ4v) is 6.36. The molecule has 1 saturated carbocycles. The zero-order chi connectivity index (χ0) is 20.0. The second kappa shape index (κ2) is 7.46. The Morgan fingerprint density at radius 3 is 2.66 bits per heavy atom. The van der Waals surface area contributed by atoms with Gasteiger partial charge in [-0.1, -0.05) is 50.1 Å². The number of piperazine rings is 1. The molecule has 2 saturated heterocycles. The molecule has 0 aromatic heterocycles. The van der Waals surface area contributed by atoms with Crippen molar-refractivity contribution in [2.75, 3.05) is 37.6 Å². The van der Waals surface area contributed by atoms with Crippen LogP contribution < -0.4 is 4.90 Å². The summed E-state index contributed by atoms with van der Waals surface area (Å²) >= 11 is 0. The highest BCUT2D eigenvalue weighted by atomic mass is 16.6. The molecule has 4 heteroatoms. The van der Waals surface area contributed by atoms with E-state index in [-0.39, 0.29) is 29.3 Å². The Balaban J connectivity index is 1.27. The summed E-state index contributed by atoms with van der Waals surface area (Å²) in [6, 6.07) is 10.6. The number of ether oxygens (including phenoxy) is 1. The van der Waals surface area contributed by atoms with E-state index < -0.39 is 0 Å². The fourth-order valence-electron chi connectivity index (χ4n) is 6.36. The highest BCUT2D eigenvalue weighted by Crippen LogP contribution is 2.54. The van der Waals surface area contributed by atoms with Crippen LogP contribution in [0.1, 0.15) is 39.5 Å². The van der Waals surface area contributed by atoms with Crippen LogP contribution in [0.15, 0.2) is 42.0 Å². The van der Waals surface area contributed by atoms with Crippen molar-refractivity contribution in [1.82, 2.24) is 4.90 Å². The van der Waals surface area contributed by atoms with Crippen LogP contribution in [0.2, 0.25) is 0 Å². The van der Waals surface area contributed by atoms with E-state index in [2.05, 4.69) is 60.1 Å². The molecule has 0 amide bonds. The van der Waals surface area contributed by atoms with Gasteiger partial charge < -0.3 is 9.64 Å². The van der Waals surface area contributed by atoms with Crippen LogP contribution in [-0.4, -0.2) is 49.7 Å². The van der Waals surface area contributed by atoms with Gasteiger partial charge in [-0.15, -0.1) is 0 Å². The standard InChI is InChI=1S/C25H34N2O2/c1-18-7-6-10-25(2)16-23-20(15-22(18)25)21(24(28)29-23)17-26-11-13-27(14-12-26)19-8-4-3-5-9-19/h3-5,8-9,15,18,20-21,23H,6-7,10-14,16-17H2,1-2H3/t18-,20+,21+,23-,25+/m1/s1. The summed E-state index contributed by atoms with van der Waals surface area (Å²) in [5, 5.41) is 0. The van der Waals surface area contributed by atoms with E-state index >= 15 is 0 Å². The molecule has 2 heterocycles. The molecule has 5 rings (SSSR count). The SMILES string of the molecule is C[C@@H]1CCC[C@@]2(C)C[C@H]3OC(=O)[C@@H](CN4CCN(c5ccccc5)CC4)[C@@H]3C=C12. The van der Waals surface area contributed by atoms with Crippen LogP contribution >= 0.6 is 0 Å². The Morgan fingerprint density at radius 2 is 1.90 bits per heavy atom. The first kappa shape index (κ1) is 19.2. The van der Waals surface area contributed by atoms with Gasteiger partial charge in [0.2, 0.25) is 0 Å². The molecule has 5 atom stereocenters. The lowest BCUT2D eigenvalue weighted by atomic mass is 9.59. The van der Waals surface area contributed by atoms with Gasteiger partial charge in [-0.3, -0.25) is 9.69 Å². The third-order valence-electron chi connectivity index (χ3n) is 8.03. The van der Waals surface area contributed by atoms with Crippen molar-refractivity contribution in [2.24, 2.45) is 23.2 Å². The molecule has 2 aliphatic heterocycles.